The number of aromatic nitrogens is 2. The van der Waals surface area contributed by atoms with Gasteiger partial charge in [-0.3, -0.25) is 9.78 Å². The molecule has 140 valence electrons. The molecule has 0 unspecified atom stereocenters. The summed E-state index contributed by atoms with van der Waals surface area (Å²) in [4.78, 5) is 18.6. The van der Waals surface area contributed by atoms with Gasteiger partial charge in [-0.1, -0.05) is 6.92 Å². The van der Waals surface area contributed by atoms with E-state index in [9.17, 15) is 4.79 Å². The number of nitrogens with zero attached hydrogens (tertiary/aromatic N) is 2. The predicted molar refractivity (Wildman–Crippen MR) is 107 cm³/mol. The van der Waals surface area contributed by atoms with Gasteiger partial charge in [0.05, 0.1) is 23.9 Å². The van der Waals surface area contributed by atoms with Crippen LogP contribution in [0, 0.1) is 13.8 Å². The third-order valence-electron chi connectivity index (χ3n) is 3.56. The molecule has 2 aromatic rings. The highest BCUT2D eigenvalue weighted by atomic mass is 79.9. The third-order valence-corrected chi connectivity index (χ3v) is 4.15. The molecule has 8 heteroatoms. The smallest absolute Gasteiger partial charge is 0.255 e. The van der Waals surface area contributed by atoms with E-state index in [1.54, 1.807) is 20.1 Å². The summed E-state index contributed by atoms with van der Waals surface area (Å²) in [6, 6.07) is 3.73. The molecule has 0 amide bonds. The molecule has 26 heavy (non-hydrogen) atoms. The van der Waals surface area contributed by atoms with E-state index in [0.717, 1.165) is 16.5 Å². The molecule has 2 N–H and O–H groups in total. The van der Waals surface area contributed by atoms with E-state index >= 15 is 0 Å². The zero-order valence-corrected chi connectivity index (χ0v) is 16.9. The lowest BCUT2D eigenvalue weighted by molar-refractivity contribution is 0.275. The third kappa shape index (κ3) is 5.08. The summed E-state index contributed by atoms with van der Waals surface area (Å²) in [7, 11) is 0. The average molecular weight is 423 g/mol. The lowest BCUT2D eigenvalue weighted by Crippen LogP contribution is -2.15. The van der Waals surface area contributed by atoms with Crippen LogP contribution >= 0.6 is 15.9 Å². The highest BCUT2D eigenvalue weighted by Crippen LogP contribution is 2.36. The van der Waals surface area contributed by atoms with Gasteiger partial charge in [0.1, 0.15) is 0 Å². The quantitative estimate of drug-likeness (QED) is 0.498. The number of anilines is 1. The second kappa shape index (κ2) is 9.38. The first-order chi connectivity index (χ1) is 12.5. The number of ether oxygens (including phenoxy) is 2. The van der Waals surface area contributed by atoms with E-state index in [4.69, 9.17) is 9.47 Å². The van der Waals surface area contributed by atoms with Crippen molar-refractivity contribution in [1.29, 1.82) is 0 Å². The van der Waals surface area contributed by atoms with Crippen molar-refractivity contribution in [3.63, 3.8) is 0 Å². The largest absolute Gasteiger partial charge is 0.490 e. The predicted octanol–water partition coefficient (Wildman–Crippen LogP) is 3.78. The fraction of sp³-hybridized carbons (Fsp3) is 0.389. The summed E-state index contributed by atoms with van der Waals surface area (Å²) in [5.41, 5.74) is 4.61. The van der Waals surface area contributed by atoms with E-state index in [1.807, 2.05) is 26.0 Å². The second-order valence-electron chi connectivity index (χ2n) is 5.61. The molecule has 0 saturated heterocycles. The van der Waals surface area contributed by atoms with Crippen molar-refractivity contribution in [2.45, 2.75) is 34.1 Å². The van der Waals surface area contributed by atoms with Crippen LogP contribution in [-0.4, -0.2) is 29.4 Å². The minimum atomic E-state index is -0.186. The number of hydrazone groups is 1. The SMILES string of the molecule is CCCOc1c(Br)cc(/C=N\Nc2nc(C)c(C)c(=O)[nH]2)cc1OCC. The van der Waals surface area contributed by atoms with Gasteiger partial charge in [0.15, 0.2) is 11.5 Å². The van der Waals surface area contributed by atoms with Crippen LogP contribution in [0.1, 0.15) is 37.1 Å². The van der Waals surface area contributed by atoms with Crippen LogP contribution in [0.5, 0.6) is 11.5 Å². The van der Waals surface area contributed by atoms with E-state index < -0.39 is 0 Å². The normalized spacial score (nSPS) is 11.0. The fourth-order valence-electron chi connectivity index (χ4n) is 2.14. The molecule has 1 heterocycles. The molecule has 7 nitrogen and oxygen atoms in total. The van der Waals surface area contributed by atoms with Gasteiger partial charge in [-0.2, -0.15) is 5.10 Å². The molecule has 0 aliphatic rings. The molecule has 0 radical (unpaired) electrons. The summed E-state index contributed by atoms with van der Waals surface area (Å²) < 4.78 is 12.2. The Morgan fingerprint density at radius 3 is 2.73 bits per heavy atom. The first kappa shape index (κ1) is 20.0. The number of aryl methyl sites for hydroxylation is 1. The summed E-state index contributed by atoms with van der Waals surface area (Å²) in [6.45, 7) is 8.61. The number of benzene rings is 1. The van der Waals surface area contributed by atoms with Crippen molar-refractivity contribution in [2.24, 2.45) is 5.10 Å². The molecule has 1 aromatic heterocycles. The van der Waals surface area contributed by atoms with Crippen LogP contribution in [0.15, 0.2) is 26.5 Å². The number of halogens is 1. The van der Waals surface area contributed by atoms with Gasteiger partial charge in [0.2, 0.25) is 5.95 Å². The number of nitrogens with one attached hydrogen (secondary N) is 2. The zero-order chi connectivity index (χ0) is 19.1. The van der Waals surface area contributed by atoms with Gasteiger partial charge < -0.3 is 9.47 Å². The van der Waals surface area contributed by atoms with Crippen LogP contribution < -0.4 is 20.5 Å². The van der Waals surface area contributed by atoms with Crippen molar-refractivity contribution >= 4 is 28.1 Å². The molecule has 0 saturated carbocycles. The van der Waals surface area contributed by atoms with Crippen LogP contribution in [0.3, 0.4) is 0 Å². The number of aromatic amines is 1. The Labute approximate surface area is 161 Å². The van der Waals surface area contributed by atoms with E-state index in [2.05, 4.69) is 36.4 Å². The van der Waals surface area contributed by atoms with E-state index in [-0.39, 0.29) is 5.56 Å². The fourth-order valence-corrected chi connectivity index (χ4v) is 2.71. The molecule has 0 atom stereocenters. The molecule has 0 spiro atoms. The van der Waals surface area contributed by atoms with Gasteiger partial charge >= 0.3 is 0 Å². The molecule has 0 aliphatic heterocycles. The Kier molecular flexibility index (Phi) is 7.20. The maximum atomic E-state index is 11.8. The van der Waals surface area contributed by atoms with Gasteiger partial charge in [0.25, 0.3) is 5.56 Å². The van der Waals surface area contributed by atoms with Crippen molar-refractivity contribution in [2.75, 3.05) is 18.6 Å². The summed E-state index contributed by atoms with van der Waals surface area (Å²) in [5.74, 6) is 1.62. The summed E-state index contributed by atoms with van der Waals surface area (Å²) in [6.07, 6.45) is 2.53. The van der Waals surface area contributed by atoms with Crippen LogP contribution in [-0.2, 0) is 0 Å². The maximum Gasteiger partial charge on any atom is 0.255 e. The van der Waals surface area contributed by atoms with Gasteiger partial charge in [-0.05, 0) is 60.8 Å². The number of hydrogen-bond donors (Lipinski definition) is 2. The van der Waals surface area contributed by atoms with Crippen molar-refractivity contribution in [1.82, 2.24) is 9.97 Å². The second-order valence-corrected chi connectivity index (χ2v) is 6.46. The van der Waals surface area contributed by atoms with Crippen molar-refractivity contribution in [3.8, 4) is 11.5 Å². The summed E-state index contributed by atoms with van der Waals surface area (Å²) >= 11 is 3.52. The van der Waals surface area contributed by atoms with Gasteiger partial charge in [0, 0.05) is 11.3 Å². The highest BCUT2D eigenvalue weighted by Gasteiger charge is 2.11. The van der Waals surface area contributed by atoms with E-state index in [1.165, 1.54) is 0 Å². The molecule has 1 aromatic carbocycles. The molecule has 0 bridgehead atoms. The summed E-state index contributed by atoms with van der Waals surface area (Å²) in [5, 5.41) is 4.13. The molecule has 0 fully saturated rings. The topological polar surface area (TPSA) is 88.6 Å². The minimum Gasteiger partial charge on any atom is -0.490 e. The number of hydrogen-bond acceptors (Lipinski definition) is 6. The Morgan fingerprint density at radius 2 is 2.08 bits per heavy atom. The molecule has 2 rings (SSSR count). The Balaban J connectivity index is 2.20. The van der Waals surface area contributed by atoms with Crippen LogP contribution in [0.25, 0.3) is 0 Å². The minimum absolute atomic E-state index is 0.186. The zero-order valence-electron chi connectivity index (χ0n) is 15.4. The van der Waals surface area contributed by atoms with Crippen LogP contribution in [0.4, 0.5) is 5.95 Å². The van der Waals surface area contributed by atoms with Crippen molar-refractivity contribution < 1.29 is 9.47 Å². The van der Waals surface area contributed by atoms with Gasteiger partial charge in [-0.15, -0.1) is 0 Å². The Morgan fingerprint density at radius 1 is 1.31 bits per heavy atom. The average Bonchev–Trinajstić information content (AvgIpc) is 2.59. The first-order valence-electron chi connectivity index (χ1n) is 8.42. The monoisotopic (exact) mass is 422 g/mol. The Hall–Kier alpha value is -2.35. The van der Waals surface area contributed by atoms with Crippen LogP contribution in [0.2, 0.25) is 0 Å². The standard InChI is InChI=1S/C18H23BrN4O3/c1-5-7-26-16-14(19)8-13(9-15(16)25-6-2)10-20-23-18-21-12(4)11(3)17(24)22-18/h8-10H,5-7H2,1-4H3,(H2,21,22,23,24)/b20-10-. The molecular weight excluding hydrogens is 400 g/mol. The molecule has 0 aliphatic carbocycles. The highest BCUT2D eigenvalue weighted by molar-refractivity contribution is 9.10. The maximum absolute atomic E-state index is 11.8. The lowest BCUT2D eigenvalue weighted by Gasteiger charge is -2.14. The number of rotatable bonds is 8. The first-order valence-corrected chi connectivity index (χ1v) is 9.21. The van der Waals surface area contributed by atoms with E-state index in [0.29, 0.717) is 41.9 Å². The molecular formula is C18H23BrN4O3. The van der Waals surface area contributed by atoms with Crippen molar-refractivity contribution in [3.05, 3.63) is 43.8 Å². The Bertz CT molecular complexity index is 849. The number of H-pyrrole nitrogens is 1. The lowest BCUT2D eigenvalue weighted by atomic mass is 10.2. The van der Waals surface area contributed by atoms with Gasteiger partial charge in [-0.25, -0.2) is 10.4 Å².